The number of nitro groups is 1. The highest BCUT2D eigenvalue weighted by Gasteiger charge is 2.23. The second-order valence-electron chi connectivity index (χ2n) is 5.39. The lowest BCUT2D eigenvalue weighted by Crippen LogP contribution is -2.28. The number of carbonyl (C=O) groups is 2. The summed E-state index contributed by atoms with van der Waals surface area (Å²) in [4.78, 5) is 36.4. The van der Waals surface area contributed by atoms with Crippen LogP contribution in [0.4, 0.5) is 11.6 Å². The average Bonchev–Trinajstić information content (AvgIpc) is 3.26. The number of anilines is 1. The summed E-state index contributed by atoms with van der Waals surface area (Å²) < 4.78 is 4.87. The predicted molar refractivity (Wildman–Crippen MR) is 84.9 cm³/mol. The first-order valence-corrected chi connectivity index (χ1v) is 7.50. The van der Waals surface area contributed by atoms with Crippen LogP contribution in [-0.4, -0.2) is 34.7 Å². The summed E-state index contributed by atoms with van der Waals surface area (Å²) in [6, 6.07) is 8.99. The normalized spacial score (nSPS) is 13.8. The van der Waals surface area contributed by atoms with Crippen LogP contribution in [0, 0.1) is 10.1 Å². The van der Waals surface area contributed by atoms with E-state index < -0.39 is 16.7 Å². The van der Waals surface area contributed by atoms with Gasteiger partial charge in [0.25, 0.3) is 11.8 Å². The van der Waals surface area contributed by atoms with E-state index in [4.69, 9.17) is 4.42 Å². The molecule has 1 aromatic carbocycles. The SMILES string of the molecule is O=C(Nc1ccccc1C(=O)N1CCCC1)c1ccc([N+](=O)[O-])o1. The van der Waals surface area contributed by atoms with E-state index in [0.717, 1.165) is 18.9 Å². The molecule has 0 radical (unpaired) electrons. The van der Waals surface area contributed by atoms with Crippen molar-refractivity contribution in [3.63, 3.8) is 0 Å². The summed E-state index contributed by atoms with van der Waals surface area (Å²) in [6.45, 7) is 1.40. The van der Waals surface area contributed by atoms with Crippen LogP contribution < -0.4 is 5.32 Å². The van der Waals surface area contributed by atoms with Gasteiger partial charge in [0.2, 0.25) is 0 Å². The monoisotopic (exact) mass is 329 g/mol. The molecule has 124 valence electrons. The van der Waals surface area contributed by atoms with Crippen LogP contribution in [0.25, 0.3) is 0 Å². The fourth-order valence-electron chi connectivity index (χ4n) is 2.60. The lowest BCUT2D eigenvalue weighted by Gasteiger charge is -2.17. The van der Waals surface area contributed by atoms with Gasteiger partial charge in [0, 0.05) is 13.1 Å². The van der Waals surface area contributed by atoms with Crippen molar-refractivity contribution >= 4 is 23.4 Å². The molecular weight excluding hydrogens is 314 g/mol. The van der Waals surface area contributed by atoms with E-state index in [-0.39, 0.29) is 11.7 Å². The highest BCUT2D eigenvalue weighted by molar-refractivity contribution is 6.08. The van der Waals surface area contributed by atoms with E-state index >= 15 is 0 Å². The van der Waals surface area contributed by atoms with Crippen molar-refractivity contribution in [2.24, 2.45) is 0 Å². The first kappa shape index (κ1) is 15.7. The molecule has 1 aliphatic heterocycles. The first-order chi connectivity index (χ1) is 11.6. The summed E-state index contributed by atoms with van der Waals surface area (Å²) in [7, 11) is 0. The Morgan fingerprint density at radius 1 is 1.12 bits per heavy atom. The Morgan fingerprint density at radius 2 is 1.83 bits per heavy atom. The minimum absolute atomic E-state index is 0.145. The first-order valence-electron chi connectivity index (χ1n) is 7.50. The Hall–Kier alpha value is -3.16. The molecule has 1 fully saturated rings. The molecule has 0 atom stereocenters. The quantitative estimate of drug-likeness (QED) is 0.685. The molecule has 1 aromatic heterocycles. The molecule has 0 aliphatic carbocycles. The number of furan rings is 1. The zero-order valence-corrected chi connectivity index (χ0v) is 12.7. The van der Waals surface area contributed by atoms with Gasteiger partial charge >= 0.3 is 5.88 Å². The van der Waals surface area contributed by atoms with Gasteiger partial charge in [0.1, 0.15) is 4.92 Å². The van der Waals surface area contributed by atoms with Gasteiger partial charge in [-0.2, -0.15) is 0 Å². The molecule has 8 nitrogen and oxygen atoms in total. The summed E-state index contributed by atoms with van der Waals surface area (Å²) in [5, 5.41) is 13.2. The van der Waals surface area contributed by atoms with Crippen molar-refractivity contribution in [2.45, 2.75) is 12.8 Å². The third kappa shape index (κ3) is 3.12. The van der Waals surface area contributed by atoms with Crippen molar-refractivity contribution in [1.82, 2.24) is 4.90 Å². The maximum absolute atomic E-state index is 12.5. The second-order valence-corrected chi connectivity index (χ2v) is 5.39. The molecule has 0 bridgehead atoms. The molecule has 2 heterocycles. The standard InChI is InChI=1S/C16H15N3O5/c20-15(13-7-8-14(24-13)19(22)23)17-12-6-2-1-5-11(12)16(21)18-9-3-4-10-18/h1-2,5-8H,3-4,9-10H2,(H,17,20). The Kier molecular flexibility index (Phi) is 4.28. The number of para-hydroxylation sites is 1. The molecule has 8 heteroatoms. The summed E-state index contributed by atoms with van der Waals surface area (Å²) in [5.41, 5.74) is 0.729. The van der Waals surface area contributed by atoms with Crippen molar-refractivity contribution in [3.05, 3.63) is 57.8 Å². The Balaban J connectivity index is 1.80. The number of rotatable bonds is 4. The highest BCUT2D eigenvalue weighted by Crippen LogP contribution is 2.22. The van der Waals surface area contributed by atoms with Gasteiger partial charge in [-0.05, 0) is 31.0 Å². The van der Waals surface area contributed by atoms with Gasteiger partial charge in [-0.1, -0.05) is 12.1 Å². The molecule has 0 unspecified atom stereocenters. The van der Waals surface area contributed by atoms with E-state index in [9.17, 15) is 19.7 Å². The Bertz CT molecular complexity index is 793. The molecule has 1 aliphatic rings. The largest absolute Gasteiger partial charge is 0.433 e. The van der Waals surface area contributed by atoms with Crippen molar-refractivity contribution in [1.29, 1.82) is 0 Å². The van der Waals surface area contributed by atoms with Crippen LogP contribution in [-0.2, 0) is 0 Å². The highest BCUT2D eigenvalue weighted by atomic mass is 16.6. The van der Waals surface area contributed by atoms with Crippen LogP contribution in [0.2, 0.25) is 0 Å². The number of nitrogens with zero attached hydrogens (tertiary/aromatic N) is 2. The molecule has 2 aromatic rings. The fraction of sp³-hybridized carbons (Fsp3) is 0.250. The maximum Gasteiger partial charge on any atom is 0.433 e. The topological polar surface area (TPSA) is 106 Å². The lowest BCUT2D eigenvalue weighted by atomic mass is 10.1. The predicted octanol–water partition coefficient (Wildman–Crippen LogP) is 2.68. The van der Waals surface area contributed by atoms with Crippen LogP contribution >= 0.6 is 0 Å². The number of likely N-dealkylation sites (tertiary alicyclic amines) is 1. The minimum Gasteiger partial charge on any atom is -0.395 e. The van der Waals surface area contributed by atoms with Crippen LogP contribution in [0.1, 0.15) is 33.8 Å². The van der Waals surface area contributed by atoms with Gasteiger partial charge < -0.3 is 14.6 Å². The molecule has 1 saturated heterocycles. The number of hydrogen-bond acceptors (Lipinski definition) is 5. The van der Waals surface area contributed by atoms with E-state index in [0.29, 0.717) is 24.3 Å². The minimum atomic E-state index is -0.721. The van der Waals surface area contributed by atoms with Crippen molar-refractivity contribution in [2.75, 3.05) is 18.4 Å². The number of carbonyl (C=O) groups excluding carboxylic acids is 2. The van der Waals surface area contributed by atoms with E-state index in [2.05, 4.69) is 5.32 Å². The van der Waals surface area contributed by atoms with E-state index in [1.807, 2.05) is 0 Å². The molecular formula is C16H15N3O5. The fourth-order valence-corrected chi connectivity index (χ4v) is 2.60. The smallest absolute Gasteiger partial charge is 0.395 e. The van der Waals surface area contributed by atoms with Gasteiger partial charge in [-0.25, -0.2) is 0 Å². The zero-order valence-electron chi connectivity index (χ0n) is 12.7. The second kappa shape index (κ2) is 6.53. The zero-order chi connectivity index (χ0) is 17.1. The van der Waals surface area contributed by atoms with E-state index in [1.165, 1.54) is 6.07 Å². The van der Waals surface area contributed by atoms with Gasteiger partial charge in [0.15, 0.2) is 5.76 Å². The molecule has 2 amide bonds. The van der Waals surface area contributed by atoms with Gasteiger partial charge in [-0.15, -0.1) is 0 Å². The van der Waals surface area contributed by atoms with Gasteiger partial charge in [0.05, 0.1) is 17.3 Å². The Morgan fingerprint density at radius 3 is 2.50 bits per heavy atom. The van der Waals surface area contributed by atoms with Crippen molar-refractivity contribution in [3.8, 4) is 0 Å². The van der Waals surface area contributed by atoms with Gasteiger partial charge in [-0.3, -0.25) is 19.7 Å². The maximum atomic E-state index is 12.5. The third-order valence-corrected chi connectivity index (χ3v) is 3.79. The molecule has 3 rings (SSSR count). The summed E-state index contributed by atoms with van der Waals surface area (Å²) in [5.74, 6) is -1.50. The summed E-state index contributed by atoms with van der Waals surface area (Å²) >= 11 is 0. The molecule has 0 spiro atoms. The number of hydrogen-bond donors (Lipinski definition) is 1. The van der Waals surface area contributed by atoms with E-state index in [1.54, 1.807) is 29.2 Å². The molecule has 24 heavy (non-hydrogen) atoms. The summed E-state index contributed by atoms with van der Waals surface area (Å²) in [6.07, 6.45) is 1.94. The van der Waals surface area contributed by atoms with Crippen LogP contribution in [0.15, 0.2) is 40.8 Å². The van der Waals surface area contributed by atoms with Crippen LogP contribution in [0.5, 0.6) is 0 Å². The molecule has 1 N–H and O–H groups in total. The average molecular weight is 329 g/mol. The number of nitrogens with one attached hydrogen (secondary N) is 1. The third-order valence-electron chi connectivity index (χ3n) is 3.79. The molecule has 0 saturated carbocycles. The Labute approximate surface area is 137 Å². The lowest BCUT2D eigenvalue weighted by molar-refractivity contribution is -0.402. The van der Waals surface area contributed by atoms with Crippen LogP contribution in [0.3, 0.4) is 0 Å². The number of amides is 2. The number of benzene rings is 1. The van der Waals surface area contributed by atoms with Crippen molar-refractivity contribution < 1.29 is 18.9 Å².